The summed E-state index contributed by atoms with van der Waals surface area (Å²) in [5.41, 5.74) is -0.0837. The van der Waals surface area contributed by atoms with Gasteiger partial charge in [-0.25, -0.2) is 0 Å². The molecule has 2 rings (SSSR count). The van der Waals surface area contributed by atoms with E-state index in [1.54, 1.807) is 6.26 Å². The number of likely N-dealkylation sites (N-methyl/N-ethyl adjacent to an activating group) is 1. The molecule has 1 aliphatic rings. The molecule has 0 saturated heterocycles. The van der Waals surface area contributed by atoms with Gasteiger partial charge in [-0.05, 0) is 38.9 Å². The van der Waals surface area contributed by atoms with E-state index in [1.807, 2.05) is 19.2 Å². The minimum Gasteiger partial charge on any atom is -0.468 e. The summed E-state index contributed by atoms with van der Waals surface area (Å²) >= 11 is 0. The zero-order chi connectivity index (χ0) is 12.1. The Morgan fingerprint density at radius 3 is 2.71 bits per heavy atom. The van der Waals surface area contributed by atoms with Gasteiger partial charge in [-0.15, -0.1) is 0 Å². The first-order chi connectivity index (χ1) is 8.32. The molecule has 1 unspecified atom stereocenters. The van der Waals surface area contributed by atoms with Crippen molar-refractivity contribution in [3.05, 3.63) is 24.2 Å². The standard InChI is InChI=1S/C14H23NO2/c1-3-17-14(9-5-4-6-10-14)13(15-2)12-8-7-11-16-12/h7-8,11,13,15H,3-6,9-10H2,1-2H3. The number of ether oxygens (including phenoxy) is 1. The van der Waals surface area contributed by atoms with Crippen LogP contribution in [0.2, 0.25) is 0 Å². The second-order valence-electron chi connectivity index (χ2n) is 4.80. The van der Waals surface area contributed by atoms with Crippen LogP contribution in [0.4, 0.5) is 0 Å². The highest BCUT2D eigenvalue weighted by atomic mass is 16.5. The van der Waals surface area contributed by atoms with Crippen LogP contribution in [0.25, 0.3) is 0 Å². The average molecular weight is 237 g/mol. The largest absolute Gasteiger partial charge is 0.468 e. The smallest absolute Gasteiger partial charge is 0.123 e. The Balaban J connectivity index is 2.23. The quantitative estimate of drug-likeness (QED) is 0.853. The molecule has 0 bridgehead atoms. The van der Waals surface area contributed by atoms with Crippen molar-refractivity contribution in [2.24, 2.45) is 0 Å². The van der Waals surface area contributed by atoms with Crippen LogP contribution in [-0.2, 0) is 4.74 Å². The molecule has 1 aliphatic carbocycles. The fourth-order valence-corrected chi connectivity index (χ4v) is 3.07. The highest BCUT2D eigenvalue weighted by molar-refractivity contribution is 5.11. The van der Waals surface area contributed by atoms with Crippen molar-refractivity contribution in [2.45, 2.75) is 50.7 Å². The molecule has 3 nitrogen and oxygen atoms in total. The molecule has 1 N–H and O–H groups in total. The Kier molecular flexibility index (Phi) is 4.24. The van der Waals surface area contributed by atoms with Crippen LogP contribution in [0.15, 0.2) is 22.8 Å². The molecule has 1 fully saturated rings. The van der Waals surface area contributed by atoms with Gasteiger partial charge >= 0.3 is 0 Å². The average Bonchev–Trinajstić information content (AvgIpc) is 2.85. The molecule has 1 aromatic rings. The van der Waals surface area contributed by atoms with Gasteiger partial charge in [0.1, 0.15) is 5.76 Å². The summed E-state index contributed by atoms with van der Waals surface area (Å²) in [5.74, 6) is 0.989. The molecule has 1 atom stereocenters. The summed E-state index contributed by atoms with van der Waals surface area (Å²) < 4.78 is 11.7. The first-order valence-corrected chi connectivity index (χ1v) is 6.67. The van der Waals surface area contributed by atoms with E-state index in [0.717, 1.165) is 25.2 Å². The van der Waals surface area contributed by atoms with Crippen LogP contribution in [0.3, 0.4) is 0 Å². The summed E-state index contributed by atoms with van der Waals surface area (Å²) in [6, 6.07) is 4.15. The van der Waals surface area contributed by atoms with Crippen molar-refractivity contribution >= 4 is 0 Å². The minimum atomic E-state index is -0.0837. The molecule has 1 heterocycles. The van der Waals surface area contributed by atoms with E-state index in [9.17, 15) is 0 Å². The molecule has 1 aromatic heterocycles. The molecule has 0 amide bonds. The van der Waals surface area contributed by atoms with E-state index >= 15 is 0 Å². The first kappa shape index (κ1) is 12.7. The van der Waals surface area contributed by atoms with Crippen molar-refractivity contribution in [1.82, 2.24) is 5.32 Å². The maximum Gasteiger partial charge on any atom is 0.123 e. The molecular weight excluding hydrogens is 214 g/mol. The van der Waals surface area contributed by atoms with Crippen molar-refractivity contribution in [3.8, 4) is 0 Å². The number of furan rings is 1. The van der Waals surface area contributed by atoms with Crippen molar-refractivity contribution in [2.75, 3.05) is 13.7 Å². The third kappa shape index (κ3) is 2.55. The second-order valence-corrected chi connectivity index (χ2v) is 4.80. The normalized spacial score (nSPS) is 21.3. The second kappa shape index (κ2) is 5.69. The van der Waals surface area contributed by atoms with Crippen LogP contribution in [-0.4, -0.2) is 19.3 Å². The van der Waals surface area contributed by atoms with Gasteiger partial charge in [0, 0.05) is 6.61 Å². The third-order valence-electron chi connectivity index (χ3n) is 3.77. The Bertz CT molecular complexity index is 309. The van der Waals surface area contributed by atoms with E-state index in [-0.39, 0.29) is 11.6 Å². The van der Waals surface area contributed by atoms with Crippen molar-refractivity contribution < 1.29 is 9.15 Å². The molecule has 0 radical (unpaired) electrons. The van der Waals surface area contributed by atoms with Crippen LogP contribution in [0.1, 0.15) is 50.8 Å². The topological polar surface area (TPSA) is 34.4 Å². The summed E-state index contributed by atoms with van der Waals surface area (Å²) in [6.07, 6.45) is 7.80. The van der Waals surface area contributed by atoms with Gasteiger partial charge in [0.2, 0.25) is 0 Å². The molecule has 0 aromatic carbocycles. The molecular formula is C14H23NO2. The molecule has 0 spiro atoms. The van der Waals surface area contributed by atoms with E-state index in [0.29, 0.717) is 0 Å². The number of nitrogens with one attached hydrogen (secondary N) is 1. The Morgan fingerprint density at radius 2 is 2.18 bits per heavy atom. The predicted molar refractivity (Wildman–Crippen MR) is 68.0 cm³/mol. The van der Waals surface area contributed by atoms with Crippen molar-refractivity contribution in [1.29, 1.82) is 0 Å². The van der Waals surface area contributed by atoms with E-state index in [4.69, 9.17) is 9.15 Å². The van der Waals surface area contributed by atoms with Gasteiger partial charge in [0.25, 0.3) is 0 Å². The fraction of sp³-hybridized carbons (Fsp3) is 0.714. The van der Waals surface area contributed by atoms with Gasteiger partial charge in [-0.3, -0.25) is 0 Å². The lowest BCUT2D eigenvalue weighted by atomic mass is 9.78. The Labute approximate surface area is 104 Å². The number of hydrogen-bond acceptors (Lipinski definition) is 3. The van der Waals surface area contributed by atoms with Gasteiger partial charge < -0.3 is 14.5 Å². The summed E-state index contributed by atoms with van der Waals surface area (Å²) in [7, 11) is 1.99. The van der Waals surface area contributed by atoms with Crippen molar-refractivity contribution in [3.63, 3.8) is 0 Å². The lowest BCUT2D eigenvalue weighted by Crippen LogP contribution is -2.46. The third-order valence-corrected chi connectivity index (χ3v) is 3.77. The predicted octanol–water partition coefficient (Wildman–Crippen LogP) is 3.28. The highest BCUT2D eigenvalue weighted by Gasteiger charge is 2.42. The molecule has 1 saturated carbocycles. The molecule has 17 heavy (non-hydrogen) atoms. The number of rotatable bonds is 5. The van der Waals surface area contributed by atoms with E-state index in [2.05, 4.69) is 12.2 Å². The highest BCUT2D eigenvalue weighted by Crippen LogP contribution is 2.41. The Morgan fingerprint density at radius 1 is 1.41 bits per heavy atom. The zero-order valence-corrected chi connectivity index (χ0v) is 10.9. The Hall–Kier alpha value is -0.800. The van der Waals surface area contributed by atoms with Gasteiger partial charge in [-0.2, -0.15) is 0 Å². The van der Waals surface area contributed by atoms with Crippen LogP contribution >= 0.6 is 0 Å². The lowest BCUT2D eigenvalue weighted by molar-refractivity contribution is -0.0937. The van der Waals surface area contributed by atoms with Crippen LogP contribution in [0.5, 0.6) is 0 Å². The fourth-order valence-electron chi connectivity index (χ4n) is 3.07. The number of hydrogen-bond donors (Lipinski definition) is 1. The zero-order valence-electron chi connectivity index (χ0n) is 10.9. The van der Waals surface area contributed by atoms with Gasteiger partial charge in [0.15, 0.2) is 0 Å². The first-order valence-electron chi connectivity index (χ1n) is 6.67. The van der Waals surface area contributed by atoms with Crippen LogP contribution in [0, 0.1) is 0 Å². The molecule has 0 aliphatic heterocycles. The van der Waals surface area contributed by atoms with Gasteiger partial charge in [-0.1, -0.05) is 19.3 Å². The minimum absolute atomic E-state index is 0.0837. The molecule has 96 valence electrons. The lowest BCUT2D eigenvalue weighted by Gasteiger charge is -2.42. The van der Waals surface area contributed by atoms with E-state index < -0.39 is 0 Å². The monoisotopic (exact) mass is 237 g/mol. The summed E-state index contributed by atoms with van der Waals surface area (Å²) in [6.45, 7) is 2.84. The maximum atomic E-state index is 6.12. The maximum absolute atomic E-state index is 6.12. The summed E-state index contributed by atoms with van der Waals surface area (Å²) in [4.78, 5) is 0. The van der Waals surface area contributed by atoms with Gasteiger partial charge in [0.05, 0.1) is 17.9 Å². The molecule has 3 heteroatoms. The SMILES string of the molecule is CCOC1(C(NC)c2ccco2)CCCCC1. The summed E-state index contributed by atoms with van der Waals surface area (Å²) in [5, 5.41) is 3.38. The van der Waals surface area contributed by atoms with E-state index in [1.165, 1.54) is 19.3 Å². The van der Waals surface area contributed by atoms with Crippen LogP contribution < -0.4 is 5.32 Å².